The topological polar surface area (TPSA) is 41.9 Å². The van der Waals surface area contributed by atoms with Gasteiger partial charge in [0, 0.05) is 0 Å². The minimum atomic E-state index is -0.429. The first-order valence-electron chi connectivity index (χ1n) is 9.17. The maximum Gasteiger partial charge on any atom is 0.282 e. The largest absolute Gasteiger partial charge is 0.497 e. The molecule has 29 heavy (non-hydrogen) atoms. The lowest BCUT2D eigenvalue weighted by molar-refractivity contribution is -0.113. The van der Waals surface area contributed by atoms with Gasteiger partial charge >= 0.3 is 0 Å². The quantitative estimate of drug-likeness (QED) is 0.594. The Kier molecular flexibility index (Phi) is 4.96. The van der Waals surface area contributed by atoms with E-state index in [2.05, 4.69) is 4.99 Å². The normalized spacial score (nSPS) is 15.0. The predicted molar refractivity (Wildman–Crippen MR) is 113 cm³/mol. The van der Waals surface area contributed by atoms with Crippen LogP contribution in [0.5, 0.6) is 5.75 Å². The van der Waals surface area contributed by atoms with Gasteiger partial charge in [-0.1, -0.05) is 42.0 Å². The number of carbonyl (C=O) groups is 1. The zero-order chi connectivity index (χ0) is 20.4. The summed E-state index contributed by atoms with van der Waals surface area (Å²) in [5.74, 6) is 0.267. The van der Waals surface area contributed by atoms with E-state index in [4.69, 9.17) is 4.74 Å². The number of nitrogens with zero attached hydrogens (tertiary/aromatic N) is 2. The summed E-state index contributed by atoms with van der Waals surface area (Å²) in [6.07, 6.45) is 1.69. The standard InChI is InChI=1S/C24H19FN2O2/c1-16-7-11-18(12-8-16)27-23(20-5-3-4-6-21(20)25)26-22(24(27)28)15-17-9-13-19(29-2)14-10-17/h3-15H,1-2H3/b22-15+. The van der Waals surface area contributed by atoms with E-state index in [1.54, 1.807) is 31.4 Å². The van der Waals surface area contributed by atoms with Gasteiger partial charge in [-0.3, -0.25) is 9.69 Å². The Labute approximate surface area is 168 Å². The Morgan fingerprint density at radius 3 is 2.31 bits per heavy atom. The van der Waals surface area contributed by atoms with E-state index in [0.29, 0.717) is 5.69 Å². The molecule has 0 spiro atoms. The monoisotopic (exact) mass is 386 g/mol. The molecule has 0 saturated carbocycles. The molecule has 1 amide bonds. The number of hydrogen-bond acceptors (Lipinski definition) is 3. The molecule has 3 aromatic rings. The first-order chi connectivity index (χ1) is 14.1. The maximum absolute atomic E-state index is 14.5. The average molecular weight is 386 g/mol. The Morgan fingerprint density at radius 1 is 0.966 bits per heavy atom. The smallest absolute Gasteiger partial charge is 0.282 e. The van der Waals surface area contributed by atoms with Gasteiger partial charge in [-0.15, -0.1) is 0 Å². The van der Waals surface area contributed by atoms with Gasteiger partial charge in [0.1, 0.15) is 17.3 Å². The minimum absolute atomic E-state index is 0.244. The number of hydrogen-bond donors (Lipinski definition) is 0. The molecular formula is C24H19FN2O2. The highest BCUT2D eigenvalue weighted by molar-refractivity contribution is 6.33. The van der Waals surface area contributed by atoms with E-state index >= 15 is 0 Å². The summed E-state index contributed by atoms with van der Waals surface area (Å²) in [5, 5.41) is 0. The summed E-state index contributed by atoms with van der Waals surface area (Å²) in [6.45, 7) is 1.97. The summed E-state index contributed by atoms with van der Waals surface area (Å²) < 4.78 is 19.7. The van der Waals surface area contributed by atoms with Gasteiger partial charge in [0.05, 0.1) is 18.4 Å². The fourth-order valence-corrected chi connectivity index (χ4v) is 3.13. The van der Waals surface area contributed by atoms with Gasteiger partial charge in [0.25, 0.3) is 5.91 Å². The number of amidine groups is 1. The van der Waals surface area contributed by atoms with Gasteiger partial charge in [0.15, 0.2) is 5.84 Å². The van der Waals surface area contributed by atoms with Crippen molar-refractivity contribution in [2.24, 2.45) is 4.99 Å². The number of anilines is 1. The van der Waals surface area contributed by atoms with Gasteiger partial charge in [-0.2, -0.15) is 0 Å². The van der Waals surface area contributed by atoms with Crippen molar-refractivity contribution in [3.05, 3.63) is 101 Å². The average Bonchev–Trinajstić information content (AvgIpc) is 3.05. The molecule has 0 aliphatic carbocycles. The highest BCUT2D eigenvalue weighted by Crippen LogP contribution is 2.29. The first-order valence-corrected chi connectivity index (χ1v) is 9.17. The second-order valence-corrected chi connectivity index (χ2v) is 6.69. The van der Waals surface area contributed by atoms with Crippen molar-refractivity contribution >= 4 is 23.5 Å². The van der Waals surface area contributed by atoms with Crippen LogP contribution in [0.25, 0.3) is 6.08 Å². The molecule has 5 heteroatoms. The predicted octanol–water partition coefficient (Wildman–Crippen LogP) is 4.98. The van der Waals surface area contributed by atoms with Crippen molar-refractivity contribution in [3.63, 3.8) is 0 Å². The van der Waals surface area contributed by atoms with Crippen LogP contribution in [0, 0.1) is 12.7 Å². The van der Waals surface area contributed by atoms with Crippen LogP contribution in [0.2, 0.25) is 0 Å². The maximum atomic E-state index is 14.5. The van der Waals surface area contributed by atoms with Crippen LogP contribution in [-0.4, -0.2) is 18.9 Å². The summed E-state index contributed by atoms with van der Waals surface area (Å²) in [4.78, 5) is 19.2. The number of ether oxygens (including phenoxy) is 1. The molecule has 0 N–H and O–H groups in total. The highest BCUT2D eigenvalue weighted by Gasteiger charge is 2.33. The summed E-state index contributed by atoms with van der Waals surface area (Å²) >= 11 is 0. The Bertz CT molecular complexity index is 1120. The molecule has 4 nitrogen and oxygen atoms in total. The fraction of sp³-hybridized carbons (Fsp3) is 0.0833. The molecule has 4 rings (SSSR count). The van der Waals surface area contributed by atoms with Gasteiger partial charge in [0.2, 0.25) is 0 Å². The van der Waals surface area contributed by atoms with Crippen LogP contribution in [0.3, 0.4) is 0 Å². The number of methoxy groups -OCH3 is 1. The second-order valence-electron chi connectivity index (χ2n) is 6.69. The molecule has 1 aliphatic heterocycles. The van der Waals surface area contributed by atoms with Crippen molar-refractivity contribution in [1.29, 1.82) is 0 Å². The SMILES string of the molecule is COc1ccc(/C=C2/N=C(c3ccccc3F)N(c3ccc(C)cc3)C2=O)cc1. The van der Waals surface area contributed by atoms with E-state index in [1.807, 2.05) is 55.5 Å². The van der Waals surface area contributed by atoms with Crippen LogP contribution in [0.15, 0.2) is 83.5 Å². The molecule has 0 bridgehead atoms. The third-order valence-electron chi connectivity index (χ3n) is 4.69. The Balaban J connectivity index is 1.81. The van der Waals surface area contributed by atoms with Crippen molar-refractivity contribution < 1.29 is 13.9 Å². The zero-order valence-electron chi connectivity index (χ0n) is 16.1. The summed E-state index contributed by atoms with van der Waals surface area (Å²) in [7, 11) is 1.60. The molecule has 3 aromatic carbocycles. The van der Waals surface area contributed by atoms with Crippen molar-refractivity contribution in [2.75, 3.05) is 12.0 Å². The fourth-order valence-electron chi connectivity index (χ4n) is 3.13. The van der Waals surface area contributed by atoms with Crippen molar-refractivity contribution in [1.82, 2.24) is 0 Å². The lowest BCUT2D eigenvalue weighted by Gasteiger charge is -2.19. The number of aliphatic imine (C=N–C) groups is 1. The van der Waals surface area contributed by atoms with Gasteiger partial charge < -0.3 is 4.74 Å². The molecule has 1 heterocycles. The molecule has 144 valence electrons. The lowest BCUT2D eigenvalue weighted by Crippen LogP contribution is -2.33. The van der Waals surface area contributed by atoms with Crippen molar-refractivity contribution in [2.45, 2.75) is 6.92 Å². The van der Waals surface area contributed by atoms with Gasteiger partial charge in [-0.25, -0.2) is 9.38 Å². The molecule has 0 saturated heterocycles. The number of aryl methyl sites for hydroxylation is 1. The molecule has 0 aromatic heterocycles. The number of benzene rings is 3. The van der Waals surface area contributed by atoms with Crippen LogP contribution in [0.4, 0.5) is 10.1 Å². The summed E-state index contributed by atoms with van der Waals surface area (Å²) in [6, 6.07) is 21.1. The molecule has 0 fully saturated rings. The van der Waals surface area contributed by atoms with E-state index in [0.717, 1.165) is 16.9 Å². The first kappa shape index (κ1) is 18.6. The zero-order valence-corrected chi connectivity index (χ0v) is 16.1. The Hall–Kier alpha value is -3.73. The molecule has 0 unspecified atom stereocenters. The minimum Gasteiger partial charge on any atom is -0.497 e. The molecule has 0 radical (unpaired) electrons. The van der Waals surface area contributed by atoms with E-state index < -0.39 is 5.82 Å². The summed E-state index contributed by atoms with van der Waals surface area (Å²) in [5.41, 5.74) is 3.03. The number of rotatable bonds is 4. The van der Waals surface area contributed by atoms with Crippen LogP contribution in [0.1, 0.15) is 16.7 Å². The third kappa shape index (κ3) is 3.67. The number of halogens is 1. The van der Waals surface area contributed by atoms with E-state index in [9.17, 15) is 9.18 Å². The highest BCUT2D eigenvalue weighted by atomic mass is 19.1. The van der Waals surface area contributed by atoms with E-state index in [1.165, 1.54) is 11.0 Å². The number of carbonyl (C=O) groups excluding carboxylic acids is 1. The lowest BCUT2D eigenvalue weighted by atomic mass is 10.1. The second kappa shape index (κ2) is 7.72. The molecular weight excluding hydrogens is 367 g/mol. The van der Waals surface area contributed by atoms with Crippen molar-refractivity contribution in [3.8, 4) is 5.75 Å². The third-order valence-corrected chi connectivity index (χ3v) is 4.69. The van der Waals surface area contributed by atoms with Gasteiger partial charge in [-0.05, 0) is 55.0 Å². The van der Waals surface area contributed by atoms with Crippen LogP contribution >= 0.6 is 0 Å². The molecule has 0 atom stereocenters. The van der Waals surface area contributed by atoms with Crippen LogP contribution in [-0.2, 0) is 4.79 Å². The van der Waals surface area contributed by atoms with E-state index in [-0.39, 0.29) is 23.0 Å². The Morgan fingerprint density at radius 2 is 1.66 bits per heavy atom. The van der Waals surface area contributed by atoms with Crippen LogP contribution < -0.4 is 9.64 Å². The molecule has 1 aliphatic rings. The number of amides is 1.